The topological polar surface area (TPSA) is 98.5 Å². The largest absolute Gasteiger partial charge is 0.448 e. The van der Waals surface area contributed by atoms with Gasteiger partial charge in [0.05, 0.1) is 10.3 Å². The van der Waals surface area contributed by atoms with Crippen LogP contribution in [0.25, 0.3) is 0 Å². The van der Waals surface area contributed by atoms with Crippen molar-refractivity contribution in [2.75, 3.05) is 5.32 Å². The molecular weight excluding hydrogens is 324 g/mol. The Morgan fingerprint density at radius 1 is 1.24 bits per heavy atom. The fourth-order valence-corrected chi connectivity index (χ4v) is 4.21. The van der Waals surface area contributed by atoms with Crippen molar-refractivity contribution in [3.63, 3.8) is 0 Å². The number of nitrogens with one attached hydrogen (secondary N) is 1. The molecule has 2 atom stereocenters. The second kappa shape index (κ2) is 5.03. The predicted octanol–water partition coefficient (Wildman–Crippen LogP) is 3.27. The molecule has 1 amide bonds. The highest BCUT2D eigenvalue weighted by Gasteiger charge is 2.75. The van der Waals surface area contributed by atoms with Crippen LogP contribution in [-0.2, 0) is 14.3 Å². The van der Waals surface area contributed by atoms with E-state index in [0.717, 1.165) is 5.56 Å². The Morgan fingerprint density at radius 3 is 2.36 bits per heavy atom. The first-order valence-electron chi connectivity index (χ1n) is 8.27. The number of aryl methyl sites for hydroxylation is 2. The van der Waals surface area contributed by atoms with Crippen molar-refractivity contribution in [1.29, 1.82) is 0 Å². The average molecular weight is 346 g/mol. The van der Waals surface area contributed by atoms with Crippen molar-refractivity contribution < 1.29 is 19.2 Å². The molecule has 0 spiro atoms. The lowest BCUT2D eigenvalue weighted by atomic mass is 9.66. The van der Waals surface area contributed by atoms with E-state index in [4.69, 9.17) is 4.74 Å². The number of nitro benzene ring substituents is 1. The van der Waals surface area contributed by atoms with Crippen LogP contribution in [0, 0.1) is 34.8 Å². The number of benzene rings is 1. The molecule has 1 N–H and O–H groups in total. The van der Waals surface area contributed by atoms with Gasteiger partial charge in [0.25, 0.3) is 11.6 Å². The maximum absolute atomic E-state index is 13.1. The summed E-state index contributed by atoms with van der Waals surface area (Å²) in [5.41, 5.74) is -1.40. The van der Waals surface area contributed by atoms with Gasteiger partial charge in [0, 0.05) is 11.5 Å². The van der Waals surface area contributed by atoms with E-state index in [1.807, 2.05) is 20.8 Å². The van der Waals surface area contributed by atoms with Crippen LogP contribution >= 0.6 is 0 Å². The van der Waals surface area contributed by atoms with E-state index in [0.29, 0.717) is 18.4 Å². The summed E-state index contributed by atoms with van der Waals surface area (Å²) in [6, 6.07) is 3.19. The second-order valence-corrected chi connectivity index (χ2v) is 7.86. The Kier molecular flexibility index (Phi) is 3.50. The zero-order chi connectivity index (χ0) is 18.8. The third-order valence-corrected chi connectivity index (χ3v) is 6.34. The monoisotopic (exact) mass is 346 g/mol. The number of hydrogen-bond donors (Lipinski definition) is 1. The first-order chi connectivity index (χ1) is 11.5. The van der Waals surface area contributed by atoms with Gasteiger partial charge in [-0.2, -0.15) is 0 Å². The minimum Gasteiger partial charge on any atom is -0.448 e. The van der Waals surface area contributed by atoms with Crippen LogP contribution < -0.4 is 5.32 Å². The van der Waals surface area contributed by atoms with Crippen LogP contribution in [0.3, 0.4) is 0 Å². The molecule has 7 heteroatoms. The molecule has 1 saturated carbocycles. The number of carbonyl (C=O) groups excluding carboxylic acids is 2. The van der Waals surface area contributed by atoms with Gasteiger partial charge in [0.2, 0.25) is 0 Å². The molecule has 2 bridgehead atoms. The zero-order valence-electron chi connectivity index (χ0n) is 15.1. The Hall–Kier alpha value is -2.44. The smallest absolute Gasteiger partial charge is 0.313 e. The van der Waals surface area contributed by atoms with Gasteiger partial charge in [-0.05, 0) is 44.7 Å². The highest BCUT2D eigenvalue weighted by Crippen LogP contribution is 2.65. The molecule has 25 heavy (non-hydrogen) atoms. The summed E-state index contributed by atoms with van der Waals surface area (Å²) in [6.45, 7) is 8.98. The van der Waals surface area contributed by atoms with E-state index in [1.165, 1.54) is 6.07 Å². The van der Waals surface area contributed by atoms with E-state index in [9.17, 15) is 19.7 Å². The number of hydrogen-bond acceptors (Lipinski definition) is 5. The van der Waals surface area contributed by atoms with Crippen molar-refractivity contribution in [3.05, 3.63) is 33.4 Å². The van der Waals surface area contributed by atoms with E-state index in [1.54, 1.807) is 19.9 Å². The molecule has 1 saturated heterocycles. The summed E-state index contributed by atoms with van der Waals surface area (Å²) < 4.78 is 5.54. The molecule has 1 aromatic carbocycles. The van der Waals surface area contributed by atoms with Crippen LogP contribution in [-0.4, -0.2) is 22.4 Å². The molecule has 1 heterocycles. The Balaban J connectivity index is 2.03. The molecule has 134 valence electrons. The number of carbonyl (C=O) groups is 2. The first-order valence-corrected chi connectivity index (χ1v) is 8.27. The molecule has 1 aromatic rings. The second-order valence-electron chi connectivity index (χ2n) is 7.86. The Bertz CT molecular complexity index is 816. The van der Waals surface area contributed by atoms with Gasteiger partial charge in [-0.1, -0.05) is 19.9 Å². The molecule has 0 aromatic heterocycles. The summed E-state index contributed by atoms with van der Waals surface area (Å²) >= 11 is 0. The summed E-state index contributed by atoms with van der Waals surface area (Å²) in [6.07, 6.45) is 0.966. The third-order valence-electron chi connectivity index (χ3n) is 6.34. The number of amides is 1. The van der Waals surface area contributed by atoms with E-state index < -0.39 is 27.3 Å². The molecule has 7 nitrogen and oxygen atoms in total. The van der Waals surface area contributed by atoms with Gasteiger partial charge in [0.1, 0.15) is 5.69 Å². The van der Waals surface area contributed by atoms with Crippen LogP contribution in [0.4, 0.5) is 11.4 Å². The van der Waals surface area contributed by atoms with Crippen LogP contribution in [0.1, 0.15) is 44.7 Å². The fraction of sp³-hybridized carbons (Fsp3) is 0.556. The minimum atomic E-state index is -1.30. The van der Waals surface area contributed by atoms with E-state index >= 15 is 0 Å². The lowest BCUT2D eigenvalue weighted by molar-refractivity contribution is -0.384. The van der Waals surface area contributed by atoms with E-state index in [2.05, 4.69) is 5.32 Å². The van der Waals surface area contributed by atoms with E-state index in [-0.39, 0.29) is 17.3 Å². The van der Waals surface area contributed by atoms with Gasteiger partial charge in [-0.3, -0.25) is 19.7 Å². The van der Waals surface area contributed by atoms with Crippen molar-refractivity contribution in [3.8, 4) is 0 Å². The van der Waals surface area contributed by atoms with Gasteiger partial charge >= 0.3 is 5.97 Å². The number of esters is 1. The number of nitrogens with zero attached hydrogens (tertiary/aromatic N) is 1. The predicted molar refractivity (Wildman–Crippen MR) is 91.1 cm³/mol. The van der Waals surface area contributed by atoms with Crippen molar-refractivity contribution in [2.24, 2.45) is 10.8 Å². The summed E-state index contributed by atoms with van der Waals surface area (Å²) in [5.74, 6) is -0.879. The van der Waals surface area contributed by atoms with Gasteiger partial charge in [-0.25, -0.2) is 0 Å². The first kappa shape index (κ1) is 17.4. The fourth-order valence-electron chi connectivity index (χ4n) is 4.21. The van der Waals surface area contributed by atoms with Crippen LogP contribution in [0.5, 0.6) is 0 Å². The highest BCUT2D eigenvalue weighted by molar-refractivity contribution is 6.04. The van der Waals surface area contributed by atoms with Crippen molar-refractivity contribution >= 4 is 23.3 Å². The normalized spacial score (nSPS) is 29.4. The summed E-state index contributed by atoms with van der Waals surface area (Å²) in [4.78, 5) is 36.3. The van der Waals surface area contributed by atoms with Crippen molar-refractivity contribution in [1.82, 2.24) is 0 Å². The highest BCUT2D eigenvalue weighted by atomic mass is 16.6. The SMILES string of the molecule is Cc1cc(C)c(NC(=O)[C@@]23CC[C@@](C)(C(=O)O2)C3(C)C)c([N+](=O)[O-])c1. The molecule has 1 aliphatic carbocycles. The van der Waals surface area contributed by atoms with Crippen molar-refractivity contribution in [2.45, 2.75) is 53.1 Å². The lowest BCUT2D eigenvalue weighted by Crippen LogP contribution is -2.50. The number of fused-ring (bicyclic) bond motifs is 2. The van der Waals surface area contributed by atoms with Gasteiger partial charge in [-0.15, -0.1) is 0 Å². The van der Waals surface area contributed by atoms with Crippen LogP contribution in [0.15, 0.2) is 12.1 Å². The number of nitro groups is 1. The average Bonchev–Trinajstić information content (AvgIpc) is 2.79. The third kappa shape index (κ3) is 2.04. The number of rotatable bonds is 3. The summed E-state index contributed by atoms with van der Waals surface area (Å²) in [7, 11) is 0. The molecule has 0 unspecified atom stereocenters. The Morgan fingerprint density at radius 2 is 1.88 bits per heavy atom. The molecular formula is C18H22N2O5. The quantitative estimate of drug-likeness (QED) is 0.514. The summed E-state index contributed by atoms with van der Waals surface area (Å²) in [5, 5.41) is 14.1. The number of anilines is 1. The molecule has 0 radical (unpaired) electrons. The lowest BCUT2D eigenvalue weighted by Gasteiger charge is -2.35. The standard InChI is InChI=1S/C18H22N2O5/c1-10-8-11(2)13(12(9-10)20(23)24)19-14(21)18-7-6-17(5,15(22)25-18)16(18,3)4/h8-9H,6-7H2,1-5H3,(H,19,21)/t17-,18+/m0/s1. The molecule has 3 rings (SSSR count). The molecule has 1 aliphatic heterocycles. The van der Waals surface area contributed by atoms with Crippen LogP contribution in [0.2, 0.25) is 0 Å². The maximum atomic E-state index is 13.1. The van der Waals surface area contributed by atoms with Gasteiger partial charge in [0.15, 0.2) is 5.60 Å². The Labute approximate surface area is 145 Å². The minimum absolute atomic E-state index is 0.155. The van der Waals surface area contributed by atoms with Gasteiger partial charge < -0.3 is 10.1 Å². The number of ether oxygens (including phenoxy) is 1. The maximum Gasteiger partial charge on any atom is 0.313 e. The molecule has 2 aliphatic rings. The zero-order valence-corrected chi connectivity index (χ0v) is 15.1. The molecule has 2 fully saturated rings.